The smallest absolute Gasteiger partial charge is 0.124 e. The highest BCUT2D eigenvalue weighted by molar-refractivity contribution is 6.30. The zero-order chi connectivity index (χ0) is 17.2. The summed E-state index contributed by atoms with van der Waals surface area (Å²) in [4.78, 5) is 0. The third kappa shape index (κ3) is 6.52. The number of hydrogen-bond donors (Lipinski definition) is 2. The Morgan fingerprint density at radius 3 is 2.50 bits per heavy atom. The first kappa shape index (κ1) is 18.8. The quantitative estimate of drug-likeness (QED) is 0.629. The fraction of sp³-hybridized carbons (Fsp3) is 0.400. The van der Waals surface area contributed by atoms with E-state index >= 15 is 0 Å². The van der Waals surface area contributed by atoms with Crippen LogP contribution in [0.3, 0.4) is 0 Å². The van der Waals surface area contributed by atoms with E-state index in [1.54, 1.807) is 0 Å². The molecule has 0 aliphatic heterocycles. The van der Waals surface area contributed by atoms with Gasteiger partial charge in [0, 0.05) is 17.1 Å². The van der Waals surface area contributed by atoms with Crippen LogP contribution in [0.5, 0.6) is 5.75 Å². The molecule has 3 nitrogen and oxygen atoms in total. The first-order chi connectivity index (χ1) is 11.7. The van der Waals surface area contributed by atoms with E-state index in [4.69, 9.17) is 16.3 Å². The topological polar surface area (TPSA) is 33.3 Å². The van der Waals surface area contributed by atoms with Crippen molar-refractivity contribution in [1.82, 2.24) is 10.6 Å². The Morgan fingerprint density at radius 2 is 1.75 bits per heavy atom. The maximum Gasteiger partial charge on any atom is 0.124 e. The third-order valence-electron chi connectivity index (χ3n) is 3.81. The highest BCUT2D eigenvalue weighted by Gasteiger charge is 2.05. The zero-order valence-electron chi connectivity index (χ0n) is 14.6. The molecule has 0 atom stereocenters. The summed E-state index contributed by atoms with van der Waals surface area (Å²) in [6.45, 7) is 8.56. The van der Waals surface area contributed by atoms with Gasteiger partial charge in [0.25, 0.3) is 0 Å². The third-order valence-corrected chi connectivity index (χ3v) is 4.05. The van der Waals surface area contributed by atoms with E-state index in [1.165, 1.54) is 11.1 Å². The molecule has 0 saturated heterocycles. The van der Waals surface area contributed by atoms with Crippen LogP contribution in [0.15, 0.2) is 42.5 Å². The van der Waals surface area contributed by atoms with E-state index < -0.39 is 0 Å². The Labute approximate surface area is 150 Å². The Balaban J connectivity index is 1.88. The summed E-state index contributed by atoms with van der Waals surface area (Å²) >= 11 is 6.14. The molecule has 0 heterocycles. The number of halogens is 1. The van der Waals surface area contributed by atoms with E-state index in [-0.39, 0.29) is 0 Å². The van der Waals surface area contributed by atoms with Gasteiger partial charge in [0.1, 0.15) is 12.4 Å². The molecule has 0 fully saturated rings. The molecule has 0 amide bonds. The van der Waals surface area contributed by atoms with Gasteiger partial charge in [-0.15, -0.1) is 0 Å². The predicted octanol–water partition coefficient (Wildman–Crippen LogP) is 4.32. The number of ether oxygens (including phenoxy) is 1. The minimum Gasteiger partial charge on any atom is -0.489 e. The molecule has 2 aromatic rings. The van der Waals surface area contributed by atoms with Crippen molar-refractivity contribution >= 4 is 11.6 Å². The summed E-state index contributed by atoms with van der Waals surface area (Å²) in [5.74, 6) is 0.888. The van der Waals surface area contributed by atoms with Crippen LogP contribution in [0, 0.1) is 6.92 Å². The van der Waals surface area contributed by atoms with Crippen LogP contribution >= 0.6 is 11.6 Å². The second kappa shape index (κ2) is 10.3. The van der Waals surface area contributed by atoms with Gasteiger partial charge in [-0.25, -0.2) is 0 Å². The van der Waals surface area contributed by atoms with Crippen LogP contribution in [-0.4, -0.2) is 19.6 Å². The van der Waals surface area contributed by atoms with Gasteiger partial charge in [0.05, 0.1) is 0 Å². The summed E-state index contributed by atoms with van der Waals surface area (Å²) in [5.41, 5.74) is 3.52. The lowest BCUT2D eigenvalue weighted by Gasteiger charge is -2.13. The molecule has 0 aromatic heterocycles. The molecule has 0 spiro atoms. The van der Waals surface area contributed by atoms with Gasteiger partial charge in [-0.05, 0) is 56.7 Å². The fourth-order valence-electron chi connectivity index (χ4n) is 2.41. The van der Waals surface area contributed by atoms with Crippen molar-refractivity contribution in [2.24, 2.45) is 0 Å². The molecule has 0 saturated carbocycles. The number of rotatable bonds is 10. The molecule has 0 aliphatic rings. The monoisotopic (exact) mass is 346 g/mol. The van der Waals surface area contributed by atoms with Gasteiger partial charge >= 0.3 is 0 Å². The molecule has 2 N–H and O–H groups in total. The van der Waals surface area contributed by atoms with Crippen molar-refractivity contribution in [3.8, 4) is 5.75 Å². The molecule has 24 heavy (non-hydrogen) atoms. The highest BCUT2D eigenvalue weighted by atomic mass is 35.5. The van der Waals surface area contributed by atoms with Crippen LogP contribution in [0.25, 0.3) is 0 Å². The Hall–Kier alpha value is -1.55. The van der Waals surface area contributed by atoms with Crippen molar-refractivity contribution in [2.75, 3.05) is 19.6 Å². The van der Waals surface area contributed by atoms with Crippen LogP contribution in [0.1, 0.15) is 30.0 Å². The van der Waals surface area contributed by atoms with Crippen LogP contribution in [0.2, 0.25) is 5.02 Å². The van der Waals surface area contributed by atoms with Crippen molar-refractivity contribution in [2.45, 2.75) is 33.4 Å². The van der Waals surface area contributed by atoms with Gasteiger partial charge < -0.3 is 15.4 Å². The number of aryl methyl sites for hydroxylation is 1. The van der Waals surface area contributed by atoms with E-state index in [2.05, 4.69) is 48.7 Å². The first-order valence-electron chi connectivity index (χ1n) is 8.57. The van der Waals surface area contributed by atoms with E-state index in [0.717, 1.165) is 48.9 Å². The molecule has 130 valence electrons. The number of nitrogens with one attached hydrogen (secondary N) is 2. The van der Waals surface area contributed by atoms with Crippen LogP contribution < -0.4 is 15.4 Å². The molecule has 4 heteroatoms. The highest BCUT2D eigenvalue weighted by Crippen LogP contribution is 2.24. The van der Waals surface area contributed by atoms with Gasteiger partial charge in [-0.3, -0.25) is 0 Å². The Bertz CT molecular complexity index is 614. The minimum atomic E-state index is 0.565. The summed E-state index contributed by atoms with van der Waals surface area (Å²) in [6.07, 6.45) is 1.11. The number of benzene rings is 2. The standard InChI is InChI=1S/C20H27ClN2O/c1-3-22-11-4-12-23-14-18-13-19(21)9-10-20(18)24-15-17-7-5-16(2)6-8-17/h5-10,13,22-23H,3-4,11-12,14-15H2,1-2H3. The van der Waals surface area contributed by atoms with Crippen molar-refractivity contribution in [1.29, 1.82) is 0 Å². The van der Waals surface area contributed by atoms with E-state index in [9.17, 15) is 0 Å². The van der Waals surface area contributed by atoms with Gasteiger partial charge in [-0.1, -0.05) is 48.4 Å². The molecule has 0 aliphatic carbocycles. The molecular formula is C20H27ClN2O. The Kier molecular flexibility index (Phi) is 8.10. The zero-order valence-corrected chi connectivity index (χ0v) is 15.3. The van der Waals surface area contributed by atoms with Crippen LogP contribution in [0.4, 0.5) is 0 Å². The molecular weight excluding hydrogens is 320 g/mol. The summed E-state index contributed by atoms with van der Waals surface area (Å²) in [6, 6.07) is 14.2. The SMILES string of the molecule is CCNCCCNCc1cc(Cl)ccc1OCc1ccc(C)cc1. The maximum atomic E-state index is 6.14. The lowest BCUT2D eigenvalue weighted by molar-refractivity contribution is 0.302. The molecule has 2 aromatic carbocycles. The minimum absolute atomic E-state index is 0.565. The van der Waals surface area contributed by atoms with Gasteiger partial charge in [0.15, 0.2) is 0 Å². The lowest BCUT2D eigenvalue weighted by Crippen LogP contribution is -2.21. The normalized spacial score (nSPS) is 10.8. The summed E-state index contributed by atoms with van der Waals surface area (Å²) in [7, 11) is 0. The molecule has 2 rings (SSSR count). The van der Waals surface area contributed by atoms with Crippen molar-refractivity contribution in [3.63, 3.8) is 0 Å². The summed E-state index contributed by atoms with van der Waals surface area (Å²) < 4.78 is 6.00. The van der Waals surface area contributed by atoms with Gasteiger partial charge in [0.2, 0.25) is 0 Å². The first-order valence-corrected chi connectivity index (χ1v) is 8.95. The van der Waals surface area contributed by atoms with Crippen LogP contribution in [-0.2, 0) is 13.2 Å². The molecule has 0 unspecified atom stereocenters. The van der Waals surface area contributed by atoms with Crippen molar-refractivity contribution in [3.05, 3.63) is 64.2 Å². The van der Waals surface area contributed by atoms with E-state index in [0.29, 0.717) is 6.61 Å². The molecule has 0 bridgehead atoms. The average Bonchev–Trinajstić information content (AvgIpc) is 2.58. The second-order valence-electron chi connectivity index (χ2n) is 5.91. The van der Waals surface area contributed by atoms with E-state index in [1.807, 2.05) is 18.2 Å². The fourth-order valence-corrected chi connectivity index (χ4v) is 2.61. The largest absolute Gasteiger partial charge is 0.489 e. The Morgan fingerprint density at radius 1 is 1.00 bits per heavy atom. The average molecular weight is 347 g/mol. The molecule has 0 radical (unpaired) electrons. The predicted molar refractivity (Wildman–Crippen MR) is 102 cm³/mol. The lowest BCUT2D eigenvalue weighted by atomic mass is 10.1. The number of hydrogen-bond acceptors (Lipinski definition) is 3. The van der Waals surface area contributed by atoms with Gasteiger partial charge in [-0.2, -0.15) is 0 Å². The second-order valence-corrected chi connectivity index (χ2v) is 6.35. The van der Waals surface area contributed by atoms with Crippen molar-refractivity contribution < 1.29 is 4.74 Å². The maximum absolute atomic E-state index is 6.14. The summed E-state index contributed by atoms with van der Waals surface area (Å²) in [5, 5.41) is 7.52.